The van der Waals surface area contributed by atoms with Crippen LogP contribution in [0.5, 0.6) is 0 Å². The van der Waals surface area contributed by atoms with Crippen LogP contribution in [-0.4, -0.2) is 24.3 Å². The molecule has 0 saturated heterocycles. The molecule has 0 aromatic heterocycles. The number of hydrogen-bond acceptors (Lipinski definition) is 2. The van der Waals surface area contributed by atoms with Crippen LogP contribution < -0.4 is 0 Å². The molecule has 0 spiro atoms. The van der Waals surface area contributed by atoms with Crippen LogP contribution in [0.25, 0.3) is 0 Å². The van der Waals surface area contributed by atoms with E-state index in [4.69, 9.17) is 9.47 Å². The second-order valence-corrected chi connectivity index (χ2v) is 8.88. The first-order chi connectivity index (χ1) is 12.7. The minimum absolute atomic E-state index is 0.244. The van der Waals surface area contributed by atoms with Crippen LogP contribution in [-0.2, 0) is 9.47 Å². The lowest BCUT2D eigenvalue weighted by Crippen LogP contribution is -2.24. The van der Waals surface area contributed by atoms with Crippen molar-refractivity contribution in [3.63, 3.8) is 0 Å². The molecule has 0 saturated carbocycles. The predicted octanol–water partition coefficient (Wildman–Crippen LogP) is 7.29. The third-order valence-corrected chi connectivity index (χ3v) is 6.08. The van der Waals surface area contributed by atoms with Gasteiger partial charge in [0.05, 0.1) is 0 Å². The van der Waals surface area contributed by atoms with Gasteiger partial charge in [-0.05, 0) is 64.5 Å². The van der Waals surface area contributed by atoms with Crippen LogP contribution in [0.3, 0.4) is 0 Å². The van der Waals surface area contributed by atoms with Crippen molar-refractivity contribution in [2.24, 2.45) is 5.41 Å². The summed E-state index contributed by atoms with van der Waals surface area (Å²) < 4.78 is 11.1. The van der Waals surface area contributed by atoms with Crippen molar-refractivity contribution in [3.8, 4) is 0 Å². The van der Waals surface area contributed by atoms with Gasteiger partial charge >= 0.3 is 0 Å². The summed E-state index contributed by atoms with van der Waals surface area (Å²) in [6, 6.07) is 0. The molecule has 1 unspecified atom stereocenters. The third-order valence-electron chi connectivity index (χ3n) is 4.94. The molecule has 0 fully saturated rings. The number of alkyl halides is 1. The summed E-state index contributed by atoms with van der Waals surface area (Å²) in [7, 11) is 0. The molecule has 0 radical (unpaired) electrons. The molecule has 1 aliphatic carbocycles. The number of rotatable bonds is 9. The van der Waals surface area contributed by atoms with Gasteiger partial charge in [0.1, 0.15) is 0 Å². The lowest BCUT2D eigenvalue weighted by atomic mass is 9.72. The molecule has 1 aliphatic rings. The SMILES string of the molecule is CCOC(C=C(C)C=CC=C(C)C=CC1=C(C)C(Br)CCC1(C)C)OCC. The van der Waals surface area contributed by atoms with Crippen LogP contribution in [0.1, 0.15) is 61.3 Å². The van der Waals surface area contributed by atoms with Gasteiger partial charge < -0.3 is 9.47 Å². The summed E-state index contributed by atoms with van der Waals surface area (Å²) in [5, 5.41) is 0. The topological polar surface area (TPSA) is 18.5 Å². The van der Waals surface area contributed by atoms with Crippen molar-refractivity contribution in [2.75, 3.05) is 13.2 Å². The Kier molecular flexibility index (Phi) is 10.6. The van der Waals surface area contributed by atoms with Crippen LogP contribution in [0.4, 0.5) is 0 Å². The highest BCUT2D eigenvalue weighted by Gasteiger charge is 2.30. The minimum Gasteiger partial charge on any atom is -0.349 e. The van der Waals surface area contributed by atoms with E-state index in [0.717, 1.165) is 5.57 Å². The number of ether oxygens (including phenoxy) is 2. The van der Waals surface area contributed by atoms with Gasteiger partial charge in [-0.15, -0.1) is 0 Å². The van der Waals surface area contributed by atoms with Gasteiger partial charge in [-0.25, -0.2) is 0 Å². The van der Waals surface area contributed by atoms with Gasteiger partial charge in [-0.1, -0.05) is 76.9 Å². The Morgan fingerprint density at radius 1 is 1.15 bits per heavy atom. The second kappa shape index (κ2) is 11.8. The molecule has 3 heteroatoms. The monoisotopic (exact) mass is 436 g/mol. The first-order valence-corrected chi connectivity index (χ1v) is 10.9. The fourth-order valence-electron chi connectivity index (χ4n) is 3.26. The highest BCUT2D eigenvalue weighted by Crippen LogP contribution is 2.43. The minimum atomic E-state index is -0.268. The zero-order valence-electron chi connectivity index (χ0n) is 18.1. The first kappa shape index (κ1) is 24.1. The molecule has 0 aromatic rings. The average molecular weight is 437 g/mol. The molecule has 0 amide bonds. The molecule has 2 nitrogen and oxygen atoms in total. The zero-order valence-corrected chi connectivity index (χ0v) is 19.7. The fraction of sp³-hybridized carbons (Fsp3) is 0.583. The van der Waals surface area contributed by atoms with E-state index in [9.17, 15) is 0 Å². The Morgan fingerprint density at radius 2 is 1.78 bits per heavy atom. The molecule has 0 aromatic carbocycles. The van der Waals surface area contributed by atoms with Crippen molar-refractivity contribution >= 4 is 15.9 Å². The van der Waals surface area contributed by atoms with Gasteiger partial charge in [0.25, 0.3) is 0 Å². The van der Waals surface area contributed by atoms with Crippen LogP contribution >= 0.6 is 15.9 Å². The summed E-state index contributed by atoms with van der Waals surface area (Å²) in [6.07, 6.45) is 15.0. The van der Waals surface area contributed by atoms with Crippen molar-refractivity contribution in [2.45, 2.75) is 72.4 Å². The average Bonchev–Trinajstić information content (AvgIpc) is 2.59. The molecular formula is C24H37BrO2. The molecule has 1 rings (SSSR count). The standard InChI is InChI=1S/C24H37BrO2/c1-8-26-23(27-9-2)17-19(4)12-10-11-18(3)13-14-21-20(5)22(25)15-16-24(21,6)7/h10-14,17,22-23H,8-9,15-16H2,1-7H3. The van der Waals surface area contributed by atoms with Gasteiger partial charge in [-0.3, -0.25) is 0 Å². The van der Waals surface area contributed by atoms with Gasteiger partial charge in [0.2, 0.25) is 0 Å². The van der Waals surface area contributed by atoms with E-state index in [1.54, 1.807) is 0 Å². The maximum atomic E-state index is 5.56. The van der Waals surface area contributed by atoms with Crippen LogP contribution in [0, 0.1) is 5.41 Å². The predicted molar refractivity (Wildman–Crippen MR) is 121 cm³/mol. The quantitative estimate of drug-likeness (QED) is 0.214. The van der Waals surface area contributed by atoms with E-state index >= 15 is 0 Å². The van der Waals surface area contributed by atoms with Crippen LogP contribution in [0.2, 0.25) is 0 Å². The van der Waals surface area contributed by atoms with E-state index in [0.29, 0.717) is 18.0 Å². The number of halogens is 1. The Labute approximate surface area is 175 Å². The lowest BCUT2D eigenvalue weighted by molar-refractivity contribution is -0.104. The maximum absolute atomic E-state index is 5.56. The zero-order chi connectivity index (χ0) is 20.4. The lowest BCUT2D eigenvalue weighted by Gasteiger charge is -2.35. The Hall–Kier alpha value is -0.900. The Bertz CT molecular complexity index is 614. The van der Waals surface area contributed by atoms with Crippen molar-refractivity contribution in [1.82, 2.24) is 0 Å². The third kappa shape index (κ3) is 8.33. The maximum Gasteiger partial charge on any atom is 0.177 e. The largest absolute Gasteiger partial charge is 0.349 e. The van der Waals surface area contributed by atoms with Crippen LogP contribution in [0.15, 0.2) is 58.7 Å². The molecule has 0 aliphatic heterocycles. The first-order valence-electron chi connectivity index (χ1n) is 10.0. The highest BCUT2D eigenvalue weighted by molar-refractivity contribution is 9.09. The summed E-state index contributed by atoms with van der Waals surface area (Å²) >= 11 is 3.81. The van der Waals surface area contributed by atoms with E-state index in [1.807, 2.05) is 19.9 Å². The summed E-state index contributed by atoms with van der Waals surface area (Å²) in [6.45, 7) is 16.4. The molecule has 0 heterocycles. The summed E-state index contributed by atoms with van der Waals surface area (Å²) in [5.74, 6) is 0. The summed E-state index contributed by atoms with van der Waals surface area (Å²) in [4.78, 5) is 0.505. The van der Waals surface area contributed by atoms with E-state index in [2.05, 4.69) is 80.9 Å². The van der Waals surface area contributed by atoms with Crippen molar-refractivity contribution in [1.29, 1.82) is 0 Å². The molecule has 152 valence electrons. The van der Waals surface area contributed by atoms with Gasteiger partial charge in [0.15, 0.2) is 6.29 Å². The molecule has 0 bridgehead atoms. The van der Waals surface area contributed by atoms with E-state index in [1.165, 1.54) is 29.6 Å². The van der Waals surface area contributed by atoms with Crippen molar-refractivity contribution in [3.05, 3.63) is 58.7 Å². The highest BCUT2D eigenvalue weighted by atomic mass is 79.9. The fourth-order valence-corrected chi connectivity index (χ4v) is 3.74. The molecule has 1 atom stereocenters. The Morgan fingerprint density at radius 3 is 2.37 bits per heavy atom. The van der Waals surface area contributed by atoms with Gasteiger partial charge in [-0.2, -0.15) is 0 Å². The number of hydrogen-bond donors (Lipinski definition) is 0. The molecular weight excluding hydrogens is 400 g/mol. The number of allylic oxidation sites excluding steroid dienone is 9. The smallest absolute Gasteiger partial charge is 0.177 e. The molecule has 0 N–H and O–H groups in total. The van der Waals surface area contributed by atoms with E-state index in [-0.39, 0.29) is 11.7 Å². The van der Waals surface area contributed by atoms with E-state index < -0.39 is 0 Å². The van der Waals surface area contributed by atoms with Gasteiger partial charge in [0, 0.05) is 18.0 Å². The second-order valence-electron chi connectivity index (χ2n) is 7.78. The normalized spacial score (nSPS) is 21.9. The summed E-state index contributed by atoms with van der Waals surface area (Å²) in [5.41, 5.74) is 5.53. The Balaban J connectivity index is 2.80. The van der Waals surface area contributed by atoms with Crippen molar-refractivity contribution < 1.29 is 9.47 Å². The molecule has 27 heavy (non-hydrogen) atoms.